The number of carbonyl (C=O) groups excluding carboxylic acids is 1. The first kappa shape index (κ1) is 12.7. The Hall–Kier alpha value is -1.72. The molecule has 0 atom stereocenters. The fourth-order valence-electron chi connectivity index (χ4n) is 1.34. The molecule has 0 saturated carbocycles. The van der Waals surface area contributed by atoms with Crippen LogP contribution in [0.15, 0.2) is 28.9 Å². The third-order valence-corrected chi connectivity index (χ3v) is 3.05. The lowest BCUT2D eigenvalue weighted by atomic mass is 10.2. The van der Waals surface area contributed by atoms with Crippen molar-refractivity contribution in [3.05, 3.63) is 45.8 Å². The van der Waals surface area contributed by atoms with Crippen LogP contribution in [0.2, 0.25) is 10.0 Å². The molecule has 0 fully saturated rings. The molecule has 1 aromatic heterocycles. The Morgan fingerprint density at radius 3 is 2.83 bits per heavy atom. The molecule has 3 N–H and O–H groups in total. The molecule has 1 aromatic carbocycles. The van der Waals surface area contributed by atoms with Crippen molar-refractivity contribution in [3.63, 3.8) is 0 Å². The van der Waals surface area contributed by atoms with Crippen molar-refractivity contribution in [3.8, 4) is 0 Å². The van der Waals surface area contributed by atoms with Gasteiger partial charge < -0.3 is 15.6 Å². The number of aromatic nitrogens is 1. The number of rotatable bonds is 3. The number of nitrogens with two attached hydrogens (primary N) is 1. The lowest BCUT2D eigenvalue weighted by molar-refractivity contribution is 0.0947. The van der Waals surface area contributed by atoms with Crippen LogP contribution in [0.25, 0.3) is 0 Å². The molecule has 1 amide bonds. The summed E-state index contributed by atoms with van der Waals surface area (Å²) in [5.74, 6) is 0.230. The second-order valence-corrected chi connectivity index (χ2v) is 4.31. The van der Waals surface area contributed by atoms with Crippen LogP contribution < -0.4 is 11.1 Å². The van der Waals surface area contributed by atoms with Crippen LogP contribution in [-0.4, -0.2) is 11.1 Å². The number of carbonyl (C=O) groups is 1. The summed E-state index contributed by atoms with van der Waals surface area (Å²) in [5, 5.41) is 6.65. The number of amides is 1. The number of benzene rings is 1. The van der Waals surface area contributed by atoms with E-state index in [0.29, 0.717) is 11.3 Å². The second-order valence-electron chi connectivity index (χ2n) is 3.52. The van der Waals surface area contributed by atoms with Gasteiger partial charge in [-0.3, -0.25) is 4.79 Å². The molecule has 0 saturated heterocycles. The smallest absolute Gasteiger partial charge is 0.251 e. The van der Waals surface area contributed by atoms with Gasteiger partial charge in [-0.15, -0.1) is 0 Å². The Balaban J connectivity index is 2.09. The summed E-state index contributed by atoms with van der Waals surface area (Å²) in [6.07, 6.45) is 1.50. The van der Waals surface area contributed by atoms with Crippen molar-refractivity contribution in [2.24, 2.45) is 0 Å². The fraction of sp³-hybridized carbons (Fsp3) is 0.0909. The van der Waals surface area contributed by atoms with Crippen LogP contribution >= 0.6 is 23.2 Å². The number of halogens is 2. The number of nitrogens with one attached hydrogen (secondary N) is 1. The van der Waals surface area contributed by atoms with Crippen molar-refractivity contribution in [2.75, 3.05) is 5.73 Å². The van der Waals surface area contributed by atoms with Gasteiger partial charge in [0.25, 0.3) is 5.91 Å². The summed E-state index contributed by atoms with van der Waals surface area (Å²) in [5.41, 5.74) is 6.22. The third kappa shape index (κ3) is 2.75. The minimum Gasteiger partial charge on any atom is -0.397 e. The molecule has 1 heterocycles. The molecule has 0 aliphatic carbocycles. The van der Waals surface area contributed by atoms with Crippen LogP contribution in [0.3, 0.4) is 0 Å². The first-order valence-corrected chi connectivity index (χ1v) is 5.76. The summed E-state index contributed by atoms with van der Waals surface area (Å²) in [6.45, 7) is 0.235. The number of nitrogens with zero attached hydrogens (tertiary/aromatic N) is 1. The molecule has 0 aliphatic heterocycles. The van der Waals surface area contributed by atoms with Crippen LogP contribution in [-0.2, 0) is 6.54 Å². The molecule has 0 radical (unpaired) electrons. The first-order chi connectivity index (χ1) is 8.58. The van der Waals surface area contributed by atoms with Gasteiger partial charge in [0.15, 0.2) is 5.76 Å². The number of nitrogen functional groups attached to an aromatic ring is 1. The lowest BCUT2D eigenvalue weighted by Crippen LogP contribution is -2.22. The van der Waals surface area contributed by atoms with E-state index in [2.05, 4.69) is 10.5 Å². The monoisotopic (exact) mass is 285 g/mol. The van der Waals surface area contributed by atoms with Gasteiger partial charge in [-0.2, -0.15) is 0 Å². The SMILES string of the molecule is Nc1cc(C(=O)NCc2ccno2)cc(Cl)c1Cl. The van der Waals surface area contributed by atoms with Gasteiger partial charge in [0.1, 0.15) is 0 Å². The Labute approximate surface area is 113 Å². The fourth-order valence-corrected chi connectivity index (χ4v) is 1.68. The highest BCUT2D eigenvalue weighted by molar-refractivity contribution is 6.43. The maximum absolute atomic E-state index is 11.8. The minimum atomic E-state index is -0.323. The van der Waals surface area contributed by atoms with Gasteiger partial charge >= 0.3 is 0 Å². The quantitative estimate of drug-likeness (QED) is 0.849. The third-order valence-electron chi connectivity index (χ3n) is 2.23. The molecule has 2 rings (SSSR count). The number of hydrogen-bond donors (Lipinski definition) is 2. The summed E-state index contributed by atoms with van der Waals surface area (Å²) >= 11 is 11.6. The van der Waals surface area contributed by atoms with Crippen molar-refractivity contribution >= 4 is 34.8 Å². The van der Waals surface area contributed by atoms with E-state index < -0.39 is 0 Å². The van der Waals surface area contributed by atoms with Crippen molar-refractivity contribution in [1.82, 2.24) is 10.5 Å². The zero-order chi connectivity index (χ0) is 13.1. The van der Waals surface area contributed by atoms with Gasteiger partial charge in [0.2, 0.25) is 0 Å². The van der Waals surface area contributed by atoms with Gasteiger partial charge in [-0.05, 0) is 12.1 Å². The zero-order valence-electron chi connectivity index (χ0n) is 9.11. The summed E-state index contributed by atoms with van der Waals surface area (Å²) in [7, 11) is 0. The zero-order valence-corrected chi connectivity index (χ0v) is 10.6. The molecule has 2 aromatic rings. The van der Waals surface area contributed by atoms with Crippen molar-refractivity contribution < 1.29 is 9.32 Å². The van der Waals surface area contributed by atoms with Gasteiger partial charge in [-0.25, -0.2) is 0 Å². The highest BCUT2D eigenvalue weighted by atomic mass is 35.5. The molecule has 0 unspecified atom stereocenters. The average Bonchev–Trinajstić information content (AvgIpc) is 2.85. The second kappa shape index (κ2) is 5.29. The van der Waals surface area contributed by atoms with E-state index in [1.54, 1.807) is 6.07 Å². The Kier molecular flexibility index (Phi) is 3.74. The molecule has 0 spiro atoms. The average molecular weight is 286 g/mol. The largest absolute Gasteiger partial charge is 0.397 e. The molecular weight excluding hydrogens is 277 g/mol. The molecule has 0 aliphatic rings. The van der Waals surface area contributed by atoms with E-state index in [-0.39, 0.29) is 28.2 Å². The van der Waals surface area contributed by atoms with Gasteiger partial charge in [-0.1, -0.05) is 28.4 Å². The Morgan fingerprint density at radius 1 is 1.44 bits per heavy atom. The molecule has 0 bridgehead atoms. The van der Waals surface area contributed by atoms with Gasteiger partial charge in [0.05, 0.1) is 28.5 Å². The predicted molar refractivity (Wildman–Crippen MR) is 68.5 cm³/mol. The normalized spacial score (nSPS) is 10.3. The summed E-state index contributed by atoms with van der Waals surface area (Å²) in [6, 6.07) is 4.57. The van der Waals surface area contributed by atoms with Crippen LogP contribution in [0.5, 0.6) is 0 Å². The molecule has 5 nitrogen and oxygen atoms in total. The highest BCUT2D eigenvalue weighted by Gasteiger charge is 2.11. The maximum Gasteiger partial charge on any atom is 0.251 e. The predicted octanol–water partition coefficient (Wildman–Crippen LogP) is 2.49. The van der Waals surface area contributed by atoms with E-state index in [0.717, 1.165) is 0 Å². The number of anilines is 1. The standard InChI is InChI=1S/C11H9Cl2N3O2/c12-8-3-6(4-9(14)10(8)13)11(17)15-5-7-1-2-16-18-7/h1-4H,5,14H2,(H,15,17). The van der Waals surface area contributed by atoms with Crippen LogP contribution in [0.4, 0.5) is 5.69 Å². The topological polar surface area (TPSA) is 81.2 Å². The minimum absolute atomic E-state index is 0.235. The molecule has 94 valence electrons. The van der Waals surface area contributed by atoms with E-state index in [4.69, 9.17) is 33.5 Å². The first-order valence-electron chi connectivity index (χ1n) is 5.00. The van der Waals surface area contributed by atoms with E-state index in [1.165, 1.54) is 18.3 Å². The van der Waals surface area contributed by atoms with Gasteiger partial charge in [0, 0.05) is 11.6 Å². The Morgan fingerprint density at radius 2 is 2.22 bits per heavy atom. The molecule has 18 heavy (non-hydrogen) atoms. The summed E-state index contributed by atoms with van der Waals surface area (Å²) in [4.78, 5) is 11.8. The van der Waals surface area contributed by atoms with E-state index in [9.17, 15) is 4.79 Å². The molecule has 7 heteroatoms. The van der Waals surface area contributed by atoms with Crippen molar-refractivity contribution in [1.29, 1.82) is 0 Å². The van der Waals surface area contributed by atoms with Crippen LogP contribution in [0, 0.1) is 0 Å². The molecular formula is C11H9Cl2N3O2. The number of hydrogen-bond acceptors (Lipinski definition) is 4. The lowest BCUT2D eigenvalue weighted by Gasteiger charge is -2.06. The van der Waals surface area contributed by atoms with Crippen molar-refractivity contribution in [2.45, 2.75) is 6.54 Å². The van der Waals surface area contributed by atoms with E-state index >= 15 is 0 Å². The maximum atomic E-state index is 11.8. The summed E-state index contributed by atoms with van der Waals surface area (Å²) < 4.78 is 4.85. The van der Waals surface area contributed by atoms with Crippen LogP contribution in [0.1, 0.15) is 16.1 Å². The highest BCUT2D eigenvalue weighted by Crippen LogP contribution is 2.29. The van der Waals surface area contributed by atoms with E-state index in [1.807, 2.05) is 0 Å². The Bertz CT molecular complexity index is 547.